The van der Waals surface area contributed by atoms with Crippen LogP contribution >= 0.6 is 0 Å². The highest BCUT2D eigenvalue weighted by atomic mass is 16.7. The second-order valence-corrected chi connectivity index (χ2v) is 6.43. The van der Waals surface area contributed by atoms with E-state index in [1.807, 2.05) is 0 Å². The first-order chi connectivity index (χ1) is 14.3. The minimum Gasteiger partial charge on any atom is -0.423 e. The van der Waals surface area contributed by atoms with Crippen molar-refractivity contribution in [2.45, 2.75) is 25.9 Å². The van der Waals surface area contributed by atoms with E-state index < -0.39 is 23.5 Å². The zero-order chi connectivity index (χ0) is 21.7. The predicted octanol–water partition coefficient (Wildman–Crippen LogP) is -0.387. The van der Waals surface area contributed by atoms with Crippen LogP contribution in [0.15, 0.2) is 33.5 Å². The van der Waals surface area contributed by atoms with Crippen molar-refractivity contribution in [1.29, 1.82) is 5.41 Å². The minimum absolute atomic E-state index is 0.0146. The fraction of sp³-hybridized carbons (Fsp3) is 0.278. The van der Waals surface area contributed by atoms with Gasteiger partial charge in [-0.2, -0.15) is 0 Å². The average Bonchev–Trinajstić information content (AvgIpc) is 3.01. The zero-order valence-electron chi connectivity index (χ0n) is 15.8. The van der Waals surface area contributed by atoms with E-state index in [2.05, 4.69) is 16.0 Å². The molecule has 1 aromatic heterocycles. The Hall–Kier alpha value is -3.93. The molecule has 1 aliphatic heterocycles. The summed E-state index contributed by atoms with van der Waals surface area (Å²) in [7, 11) is 0. The van der Waals surface area contributed by atoms with E-state index in [4.69, 9.17) is 20.4 Å². The Bertz CT molecular complexity index is 1050. The van der Waals surface area contributed by atoms with E-state index in [1.165, 1.54) is 6.07 Å². The van der Waals surface area contributed by atoms with Gasteiger partial charge < -0.3 is 25.6 Å². The molecule has 0 unspecified atom stereocenters. The number of rotatable bonds is 7. The number of nitrogens with two attached hydrogens (primary N) is 1. The molecule has 0 radical (unpaired) electrons. The second-order valence-electron chi connectivity index (χ2n) is 6.43. The van der Waals surface area contributed by atoms with Crippen molar-refractivity contribution in [3.63, 3.8) is 0 Å². The van der Waals surface area contributed by atoms with Crippen LogP contribution in [0.3, 0.4) is 0 Å². The van der Waals surface area contributed by atoms with Crippen molar-refractivity contribution < 1.29 is 23.6 Å². The number of carbonyl (C=O) groups is 3. The van der Waals surface area contributed by atoms with Crippen LogP contribution in [0.2, 0.25) is 0 Å². The molecular weight excluding hydrogens is 396 g/mol. The number of hydrogen-bond donors (Lipinski definition) is 5. The Balaban J connectivity index is 1.67. The third kappa shape index (κ3) is 5.11. The summed E-state index contributed by atoms with van der Waals surface area (Å²) < 4.78 is 5.19. The second kappa shape index (κ2) is 9.05. The van der Waals surface area contributed by atoms with Gasteiger partial charge in [-0.25, -0.2) is 9.59 Å². The molecule has 1 aliphatic rings. The highest BCUT2D eigenvalue weighted by Gasteiger charge is 2.32. The van der Waals surface area contributed by atoms with Crippen LogP contribution in [0.5, 0.6) is 0 Å². The van der Waals surface area contributed by atoms with Crippen molar-refractivity contribution in [2.24, 2.45) is 5.73 Å². The first kappa shape index (κ1) is 20.8. The van der Waals surface area contributed by atoms with Crippen LogP contribution in [0, 0.1) is 5.41 Å². The zero-order valence-corrected chi connectivity index (χ0v) is 15.8. The highest BCUT2D eigenvalue weighted by molar-refractivity contribution is 6.01. The normalized spacial score (nSPS) is 13.5. The fourth-order valence-electron chi connectivity index (χ4n) is 2.83. The lowest BCUT2D eigenvalue weighted by Crippen LogP contribution is -2.37. The van der Waals surface area contributed by atoms with Gasteiger partial charge in [-0.1, -0.05) is 6.07 Å². The van der Waals surface area contributed by atoms with Gasteiger partial charge in [0.1, 0.15) is 5.58 Å². The Labute approximate surface area is 169 Å². The Morgan fingerprint density at radius 2 is 1.87 bits per heavy atom. The maximum Gasteiger partial charge on any atom is 0.432 e. The summed E-state index contributed by atoms with van der Waals surface area (Å²) in [4.78, 5) is 51.4. The van der Waals surface area contributed by atoms with E-state index in [0.29, 0.717) is 33.7 Å². The lowest BCUT2D eigenvalue weighted by Gasteiger charge is -2.13. The van der Waals surface area contributed by atoms with Crippen LogP contribution in [0.25, 0.3) is 11.0 Å². The summed E-state index contributed by atoms with van der Waals surface area (Å²) in [6, 6.07) is 6.34. The molecule has 12 heteroatoms. The molecule has 2 heterocycles. The van der Waals surface area contributed by atoms with Gasteiger partial charge in [-0.3, -0.25) is 20.3 Å². The topological polar surface area (TPSA) is 180 Å². The molecule has 0 atom stereocenters. The smallest absolute Gasteiger partial charge is 0.423 e. The van der Waals surface area contributed by atoms with Crippen molar-refractivity contribution >= 4 is 34.8 Å². The van der Waals surface area contributed by atoms with Gasteiger partial charge in [0.15, 0.2) is 5.96 Å². The summed E-state index contributed by atoms with van der Waals surface area (Å²) in [5, 5.41) is 16.3. The predicted molar refractivity (Wildman–Crippen MR) is 104 cm³/mol. The standard InChI is InChI=1S/C18H20N6O6/c19-17(20)23-9-21-8-11-6-16(27)29-13-2-1-10(5-12(11)13)7-22-18(28)30-24-14(25)3-4-15(24)26/h1-2,5-6,21H,3-4,7-9H2,(H,22,28)(H4,19,20,23). The van der Waals surface area contributed by atoms with E-state index in [-0.39, 0.29) is 32.0 Å². The summed E-state index contributed by atoms with van der Waals surface area (Å²) >= 11 is 0. The molecule has 1 fully saturated rings. The van der Waals surface area contributed by atoms with Gasteiger partial charge in [0.25, 0.3) is 11.8 Å². The highest BCUT2D eigenvalue weighted by Crippen LogP contribution is 2.19. The first-order valence-corrected chi connectivity index (χ1v) is 8.99. The number of imide groups is 1. The number of fused-ring (bicyclic) bond motifs is 1. The third-order valence-electron chi connectivity index (χ3n) is 4.23. The van der Waals surface area contributed by atoms with Gasteiger partial charge >= 0.3 is 11.7 Å². The number of nitrogens with zero attached hydrogens (tertiary/aromatic N) is 1. The SMILES string of the molecule is N=C(N)NCNCc1cc(=O)oc2ccc(CNC(=O)ON3C(=O)CCC3=O)cc12. The van der Waals surface area contributed by atoms with Gasteiger partial charge in [-0.15, -0.1) is 5.06 Å². The molecule has 0 aliphatic carbocycles. The van der Waals surface area contributed by atoms with Crippen molar-refractivity contribution in [2.75, 3.05) is 6.67 Å². The summed E-state index contributed by atoms with van der Waals surface area (Å²) in [5.41, 5.74) is 6.41. The molecule has 2 aromatic rings. The number of amides is 3. The summed E-state index contributed by atoms with van der Waals surface area (Å²) in [6.45, 7) is 0.599. The van der Waals surface area contributed by atoms with Crippen LogP contribution in [-0.2, 0) is 27.5 Å². The molecule has 158 valence electrons. The van der Waals surface area contributed by atoms with E-state index in [9.17, 15) is 19.2 Å². The number of hydrogen-bond acceptors (Lipinski definition) is 8. The number of guanidine groups is 1. The van der Waals surface area contributed by atoms with E-state index in [0.717, 1.165) is 0 Å². The van der Waals surface area contributed by atoms with Crippen LogP contribution in [0.4, 0.5) is 4.79 Å². The lowest BCUT2D eigenvalue weighted by atomic mass is 10.1. The molecular formula is C18H20N6O6. The average molecular weight is 416 g/mol. The molecule has 12 nitrogen and oxygen atoms in total. The Kier molecular flexibility index (Phi) is 6.27. The lowest BCUT2D eigenvalue weighted by molar-refractivity contribution is -0.171. The molecule has 1 saturated heterocycles. The molecule has 6 N–H and O–H groups in total. The molecule has 0 spiro atoms. The largest absolute Gasteiger partial charge is 0.432 e. The van der Waals surface area contributed by atoms with Gasteiger partial charge in [0, 0.05) is 37.4 Å². The Morgan fingerprint density at radius 1 is 1.13 bits per heavy atom. The maximum atomic E-state index is 11.9. The number of hydroxylamine groups is 2. The van der Waals surface area contributed by atoms with E-state index >= 15 is 0 Å². The molecule has 30 heavy (non-hydrogen) atoms. The maximum absolute atomic E-state index is 11.9. The van der Waals surface area contributed by atoms with Crippen LogP contribution in [0.1, 0.15) is 24.0 Å². The van der Waals surface area contributed by atoms with Gasteiger partial charge in [0.2, 0.25) is 0 Å². The van der Waals surface area contributed by atoms with Crippen molar-refractivity contribution in [3.8, 4) is 0 Å². The molecule has 1 aromatic carbocycles. The first-order valence-electron chi connectivity index (χ1n) is 8.99. The molecule has 3 amide bonds. The monoisotopic (exact) mass is 416 g/mol. The van der Waals surface area contributed by atoms with Crippen molar-refractivity contribution in [1.82, 2.24) is 21.0 Å². The third-order valence-corrected chi connectivity index (χ3v) is 4.23. The number of nitrogens with one attached hydrogen (secondary N) is 4. The minimum atomic E-state index is -0.935. The van der Waals surface area contributed by atoms with Crippen LogP contribution in [-0.4, -0.2) is 35.6 Å². The quantitative estimate of drug-likeness (QED) is 0.100. The number of benzene rings is 1. The number of carbonyl (C=O) groups excluding carboxylic acids is 3. The summed E-state index contributed by atoms with van der Waals surface area (Å²) in [5.74, 6) is -1.31. The Morgan fingerprint density at radius 3 is 2.57 bits per heavy atom. The molecule has 0 bridgehead atoms. The van der Waals surface area contributed by atoms with Crippen molar-refractivity contribution in [3.05, 3.63) is 45.8 Å². The summed E-state index contributed by atoms with van der Waals surface area (Å²) in [6.07, 6.45) is -0.905. The van der Waals surface area contributed by atoms with E-state index in [1.54, 1.807) is 18.2 Å². The van der Waals surface area contributed by atoms with Gasteiger partial charge in [-0.05, 0) is 23.3 Å². The fourth-order valence-corrected chi connectivity index (χ4v) is 2.83. The van der Waals surface area contributed by atoms with Crippen LogP contribution < -0.4 is 27.3 Å². The molecule has 3 rings (SSSR count). The molecule has 0 saturated carbocycles. The van der Waals surface area contributed by atoms with Gasteiger partial charge in [0.05, 0.1) is 6.67 Å².